The summed E-state index contributed by atoms with van der Waals surface area (Å²) < 4.78 is 44.9. The van der Waals surface area contributed by atoms with Crippen LogP contribution in [0.25, 0.3) is 0 Å². The van der Waals surface area contributed by atoms with Gasteiger partial charge in [-0.15, -0.1) is 0 Å². The SMILES string of the molecule is CCOCC(Nc1cc(Br)ccc1C(F)(F)F)C(C)C. The zero-order chi connectivity index (χ0) is 15.3. The summed E-state index contributed by atoms with van der Waals surface area (Å²) in [4.78, 5) is 0. The van der Waals surface area contributed by atoms with E-state index in [-0.39, 0.29) is 17.6 Å². The van der Waals surface area contributed by atoms with Gasteiger partial charge in [0.25, 0.3) is 0 Å². The second-order valence-electron chi connectivity index (χ2n) is 4.84. The van der Waals surface area contributed by atoms with Crippen molar-refractivity contribution in [3.8, 4) is 0 Å². The first-order valence-corrected chi connectivity index (χ1v) is 7.26. The number of rotatable bonds is 6. The van der Waals surface area contributed by atoms with E-state index in [1.807, 2.05) is 20.8 Å². The largest absolute Gasteiger partial charge is 0.418 e. The van der Waals surface area contributed by atoms with E-state index in [9.17, 15) is 13.2 Å². The van der Waals surface area contributed by atoms with Crippen LogP contribution in [-0.2, 0) is 10.9 Å². The molecular formula is C14H19BrF3NO. The van der Waals surface area contributed by atoms with Gasteiger partial charge >= 0.3 is 6.18 Å². The van der Waals surface area contributed by atoms with Crippen molar-refractivity contribution in [3.05, 3.63) is 28.2 Å². The topological polar surface area (TPSA) is 21.3 Å². The van der Waals surface area contributed by atoms with Gasteiger partial charge in [0.05, 0.1) is 18.2 Å². The third-order valence-electron chi connectivity index (χ3n) is 2.93. The molecule has 2 nitrogen and oxygen atoms in total. The van der Waals surface area contributed by atoms with Gasteiger partial charge in [-0.2, -0.15) is 13.2 Å². The first-order chi connectivity index (χ1) is 9.25. The van der Waals surface area contributed by atoms with Crippen molar-refractivity contribution < 1.29 is 17.9 Å². The van der Waals surface area contributed by atoms with E-state index in [1.54, 1.807) is 0 Å². The maximum absolute atomic E-state index is 13.0. The summed E-state index contributed by atoms with van der Waals surface area (Å²) >= 11 is 3.20. The van der Waals surface area contributed by atoms with E-state index in [2.05, 4.69) is 21.2 Å². The Balaban J connectivity index is 3.01. The fourth-order valence-electron chi connectivity index (χ4n) is 1.73. The van der Waals surface area contributed by atoms with Crippen LogP contribution >= 0.6 is 15.9 Å². The van der Waals surface area contributed by atoms with E-state index in [1.165, 1.54) is 12.1 Å². The Kier molecular flexibility index (Phi) is 6.33. The highest BCUT2D eigenvalue weighted by molar-refractivity contribution is 9.10. The molecule has 1 rings (SSSR count). The quantitative estimate of drug-likeness (QED) is 0.781. The highest BCUT2D eigenvalue weighted by Gasteiger charge is 2.34. The summed E-state index contributed by atoms with van der Waals surface area (Å²) in [6, 6.07) is 3.74. The number of benzene rings is 1. The molecule has 0 aliphatic rings. The van der Waals surface area contributed by atoms with Crippen LogP contribution in [0, 0.1) is 5.92 Å². The van der Waals surface area contributed by atoms with Crippen LogP contribution in [0.4, 0.5) is 18.9 Å². The van der Waals surface area contributed by atoms with Gasteiger partial charge in [-0.25, -0.2) is 0 Å². The lowest BCUT2D eigenvalue weighted by atomic mass is 10.0. The highest BCUT2D eigenvalue weighted by atomic mass is 79.9. The Morgan fingerprint density at radius 3 is 2.45 bits per heavy atom. The van der Waals surface area contributed by atoms with Crippen molar-refractivity contribution in [2.24, 2.45) is 5.92 Å². The van der Waals surface area contributed by atoms with E-state index >= 15 is 0 Å². The molecule has 1 aromatic rings. The van der Waals surface area contributed by atoms with Crippen LogP contribution < -0.4 is 5.32 Å². The number of anilines is 1. The molecular weight excluding hydrogens is 335 g/mol. The van der Waals surface area contributed by atoms with Crippen molar-refractivity contribution in [3.63, 3.8) is 0 Å². The minimum absolute atomic E-state index is 0.0743. The minimum Gasteiger partial charge on any atom is -0.380 e. The average Bonchev–Trinajstić information content (AvgIpc) is 2.32. The lowest BCUT2D eigenvalue weighted by Gasteiger charge is -2.25. The van der Waals surface area contributed by atoms with Crippen LogP contribution in [0.1, 0.15) is 26.3 Å². The minimum atomic E-state index is -4.38. The van der Waals surface area contributed by atoms with E-state index < -0.39 is 11.7 Å². The normalized spacial score (nSPS) is 13.6. The number of hydrogen-bond acceptors (Lipinski definition) is 2. The molecule has 1 atom stereocenters. The molecule has 20 heavy (non-hydrogen) atoms. The summed E-state index contributed by atoms with van der Waals surface area (Å²) in [6.07, 6.45) is -4.38. The Labute approximate surface area is 125 Å². The summed E-state index contributed by atoms with van der Waals surface area (Å²) in [5, 5.41) is 2.95. The summed E-state index contributed by atoms with van der Waals surface area (Å²) in [5.41, 5.74) is -0.590. The first kappa shape index (κ1) is 17.3. The van der Waals surface area contributed by atoms with Crippen molar-refractivity contribution >= 4 is 21.6 Å². The van der Waals surface area contributed by atoms with Crippen LogP contribution in [0.3, 0.4) is 0 Å². The van der Waals surface area contributed by atoms with Crippen molar-refractivity contribution in [2.45, 2.75) is 33.0 Å². The van der Waals surface area contributed by atoms with Crippen LogP contribution in [-0.4, -0.2) is 19.3 Å². The second kappa shape index (κ2) is 7.31. The zero-order valence-corrected chi connectivity index (χ0v) is 13.3. The molecule has 1 unspecified atom stereocenters. The van der Waals surface area contributed by atoms with Crippen molar-refractivity contribution in [1.82, 2.24) is 0 Å². The Hall–Kier alpha value is -0.750. The molecule has 0 aliphatic carbocycles. The Bertz CT molecular complexity index is 435. The number of alkyl halides is 3. The maximum atomic E-state index is 13.0. The van der Waals surface area contributed by atoms with Gasteiger partial charge in [0.2, 0.25) is 0 Å². The molecule has 0 bridgehead atoms. The highest BCUT2D eigenvalue weighted by Crippen LogP contribution is 2.36. The second-order valence-corrected chi connectivity index (χ2v) is 5.76. The Morgan fingerprint density at radius 2 is 1.95 bits per heavy atom. The monoisotopic (exact) mass is 353 g/mol. The predicted molar refractivity (Wildman–Crippen MR) is 77.9 cm³/mol. The lowest BCUT2D eigenvalue weighted by Crippen LogP contribution is -2.32. The van der Waals surface area contributed by atoms with Gasteiger partial charge in [0.15, 0.2) is 0 Å². The van der Waals surface area contributed by atoms with Gasteiger partial charge in [0, 0.05) is 16.8 Å². The molecule has 1 N–H and O–H groups in total. The van der Waals surface area contributed by atoms with Crippen LogP contribution in [0.15, 0.2) is 22.7 Å². The molecule has 0 aromatic heterocycles. The van der Waals surface area contributed by atoms with Crippen LogP contribution in [0.2, 0.25) is 0 Å². The number of ether oxygens (including phenoxy) is 1. The van der Waals surface area contributed by atoms with Crippen LogP contribution in [0.5, 0.6) is 0 Å². The maximum Gasteiger partial charge on any atom is 0.418 e. The fraction of sp³-hybridized carbons (Fsp3) is 0.571. The Morgan fingerprint density at radius 1 is 1.30 bits per heavy atom. The summed E-state index contributed by atoms with van der Waals surface area (Å²) in [6.45, 7) is 6.66. The molecule has 0 amide bonds. The lowest BCUT2D eigenvalue weighted by molar-refractivity contribution is -0.137. The molecule has 0 saturated carbocycles. The molecule has 0 aliphatic heterocycles. The first-order valence-electron chi connectivity index (χ1n) is 6.46. The van der Waals surface area contributed by atoms with Gasteiger partial charge in [-0.3, -0.25) is 0 Å². The smallest absolute Gasteiger partial charge is 0.380 e. The van der Waals surface area contributed by atoms with E-state index in [4.69, 9.17) is 4.74 Å². The molecule has 0 spiro atoms. The fourth-order valence-corrected chi connectivity index (χ4v) is 2.09. The average molecular weight is 354 g/mol. The third kappa shape index (κ3) is 4.98. The van der Waals surface area contributed by atoms with Crippen molar-refractivity contribution in [1.29, 1.82) is 0 Å². The number of hydrogen-bond donors (Lipinski definition) is 1. The standard InChI is InChI=1S/C14H19BrF3NO/c1-4-20-8-13(9(2)3)19-12-7-10(15)5-6-11(12)14(16,17)18/h5-7,9,13,19H,4,8H2,1-3H3. The molecule has 0 heterocycles. The molecule has 6 heteroatoms. The molecule has 0 saturated heterocycles. The molecule has 1 aromatic carbocycles. The van der Waals surface area contributed by atoms with E-state index in [0.29, 0.717) is 17.7 Å². The number of halogens is 4. The third-order valence-corrected chi connectivity index (χ3v) is 3.43. The van der Waals surface area contributed by atoms with Gasteiger partial charge in [0.1, 0.15) is 0 Å². The molecule has 0 radical (unpaired) electrons. The van der Waals surface area contributed by atoms with E-state index in [0.717, 1.165) is 6.07 Å². The summed E-state index contributed by atoms with van der Waals surface area (Å²) in [7, 11) is 0. The molecule has 0 fully saturated rings. The predicted octanol–water partition coefficient (Wildman–Crippen LogP) is 4.94. The van der Waals surface area contributed by atoms with Gasteiger partial charge < -0.3 is 10.1 Å². The number of nitrogens with one attached hydrogen (secondary N) is 1. The zero-order valence-electron chi connectivity index (χ0n) is 11.7. The summed E-state index contributed by atoms with van der Waals surface area (Å²) in [5.74, 6) is 0.154. The van der Waals surface area contributed by atoms with Gasteiger partial charge in [-0.05, 0) is 31.0 Å². The van der Waals surface area contributed by atoms with Gasteiger partial charge in [-0.1, -0.05) is 29.8 Å². The van der Waals surface area contributed by atoms with Crippen molar-refractivity contribution in [2.75, 3.05) is 18.5 Å². The molecule has 114 valence electrons.